The summed E-state index contributed by atoms with van der Waals surface area (Å²) in [5.74, 6) is 0.624. The topological polar surface area (TPSA) is 65.7 Å². The third-order valence-corrected chi connectivity index (χ3v) is 4.77. The van der Waals surface area contributed by atoms with Crippen molar-refractivity contribution in [2.45, 2.75) is 0 Å². The fourth-order valence-corrected chi connectivity index (χ4v) is 3.30. The van der Waals surface area contributed by atoms with Gasteiger partial charge in [0.1, 0.15) is 0 Å². The van der Waals surface area contributed by atoms with E-state index >= 15 is 0 Å². The number of nitrogens with zero attached hydrogens (tertiary/aromatic N) is 5. The van der Waals surface area contributed by atoms with Crippen LogP contribution >= 0.6 is 0 Å². The summed E-state index contributed by atoms with van der Waals surface area (Å²) in [6, 6.07) is 29.0. The molecule has 0 spiro atoms. The van der Waals surface area contributed by atoms with Gasteiger partial charge in [-0.1, -0.05) is 48.5 Å². The second kappa shape index (κ2) is 10.1. The van der Waals surface area contributed by atoms with E-state index in [4.69, 9.17) is 0 Å². The van der Waals surface area contributed by atoms with E-state index in [9.17, 15) is 0 Å². The summed E-state index contributed by atoms with van der Waals surface area (Å²) >= 11 is 0. The second-order valence-electron chi connectivity index (χ2n) is 6.78. The van der Waals surface area contributed by atoms with Gasteiger partial charge in [0.2, 0.25) is 0 Å². The molecule has 0 unspecified atom stereocenters. The predicted octanol–water partition coefficient (Wildman–Crippen LogP) is 5.35. The molecule has 0 bridgehead atoms. The SMILES string of the molecule is [Pt+2].[c-]1ccccc1-c1ccccn1.c1ccc2c(c1)ccc1[n-]c(-c3cnccn3)nc12. The third kappa shape index (κ3) is 4.63. The number of imidazole rings is 1. The largest absolute Gasteiger partial charge is 2.00 e. The van der Waals surface area contributed by atoms with Crippen LogP contribution in [0.2, 0.25) is 0 Å². The Labute approximate surface area is 199 Å². The van der Waals surface area contributed by atoms with Gasteiger partial charge in [-0.15, -0.1) is 35.9 Å². The van der Waals surface area contributed by atoms with Crippen LogP contribution in [0.3, 0.4) is 0 Å². The first-order valence-electron chi connectivity index (χ1n) is 9.85. The summed E-state index contributed by atoms with van der Waals surface area (Å²) in [6.45, 7) is 0. The zero-order chi connectivity index (χ0) is 20.9. The van der Waals surface area contributed by atoms with Gasteiger partial charge in [-0.25, -0.2) is 0 Å². The molecule has 0 fully saturated rings. The van der Waals surface area contributed by atoms with Crippen molar-refractivity contribution >= 4 is 21.8 Å². The minimum atomic E-state index is 0. The van der Waals surface area contributed by atoms with Crippen LogP contribution in [-0.4, -0.2) is 19.9 Å². The second-order valence-corrected chi connectivity index (χ2v) is 6.78. The number of pyridine rings is 1. The molecular formula is C26H17N5Pt. The summed E-state index contributed by atoms with van der Waals surface area (Å²) in [7, 11) is 0. The Morgan fingerprint density at radius 3 is 2.34 bits per heavy atom. The molecule has 156 valence electrons. The van der Waals surface area contributed by atoms with Gasteiger partial charge in [-0.3, -0.25) is 9.97 Å². The molecule has 0 atom stereocenters. The molecule has 0 radical (unpaired) electrons. The maximum Gasteiger partial charge on any atom is 2.00 e. The Balaban J connectivity index is 0.000000164. The van der Waals surface area contributed by atoms with Crippen LogP contribution in [0.1, 0.15) is 0 Å². The van der Waals surface area contributed by atoms with Crippen LogP contribution < -0.4 is 4.98 Å². The molecular weight excluding hydrogens is 577 g/mol. The summed E-state index contributed by atoms with van der Waals surface area (Å²) < 4.78 is 0. The monoisotopic (exact) mass is 594 g/mol. The Hall–Kier alpha value is -3.69. The van der Waals surface area contributed by atoms with Crippen molar-refractivity contribution in [2.24, 2.45) is 0 Å². The van der Waals surface area contributed by atoms with Crippen LogP contribution in [-0.2, 0) is 21.1 Å². The molecule has 0 amide bonds. The first kappa shape index (κ1) is 21.5. The number of hydrogen-bond donors (Lipinski definition) is 0. The van der Waals surface area contributed by atoms with E-state index in [0.29, 0.717) is 11.5 Å². The molecule has 6 rings (SSSR count). The molecule has 3 heterocycles. The Morgan fingerprint density at radius 2 is 1.56 bits per heavy atom. The van der Waals surface area contributed by atoms with Crippen molar-refractivity contribution < 1.29 is 21.1 Å². The summed E-state index contributed by atoms with van der Waals surface area (Å²) in [6.07, 6.45) is 6.75. The zero-order valence-corrected chi connectivity index (χ0v) is 19.1. The van der Waals surface area contributed by atoms with E-state index in [1.165, 1.54) is 5.39 Å². The average molecular weight is 595 g/mol. The summed E-state index contributed by atoms with van der Waals surface area (Å²) in [4.78, 5) is 21.6. The minimum Gasteiger partial charge on any atom is -0.434 e. The molecule has 6 heteroatoms. The van der Waals surface area contributed by atoms with Crippen molar-refractivity contribution in [1.29, 1.82) is 0 Å². The van der Waals surface area contributed by atoms with E-state index in [1.807, 2.05) is 60.7 Å². The fourth-order valence-electron chi connectivity index (χ4n) is 3.30. The molecule has 0 aliphatic carbocycles. The number of benzene rings is 3. The van der Waals surface area contributed by atoms with Crippen molar-refractivity contribution in [3.05, 3.63) is 110 Å². The number of hydrogen-bond acceptors (Lipinski definition) is 4. The van der Waals surface area contributed by atoms with E-state index in [2.05, 4.69) is 49.2 Å². The third-order valence-electron chi connectivity index (χ3n) is 4.77. The minimum absolute atomic E-state index is 0. The van der Waals surface area contributed by atoms with E-state index in [-0.39, 0.29) is 21.1 Å². The zero-order valence-electron chi connectivity index (χ0n) is 16.9. The fraction of sp³-hybridized carbons (Fsp3) is 0. The average Bonchev–Trinajstić information content (AvgIpc) is 3.31. The molecule has 3 aromatic heterocycles. The van der Waals surface area contributed by atoms with E-state index < -0.39 is 0 Å². The van der Waals surface area contributed by atoms with Crippen LogP contribution in [0.5, 0.6) is 0 Å². The number of rotatable bonds is 2. The normalized spacial score (nSPS) is 10.2. The molecule has 0 saturated carbocycles. The first-order valence-corrected chi connectivity index (χ1v) is 9.85. The molecule has 5 nitrogen and oxygen atoms in total. The van der Waals surface area contributed by atoms with Crippen LogP contribution in [0.25, 0.3) is 44.6 Å². The van der Waals surface area contributed by atoms with Crippen molar-refractivity contribution in [3.63, 3.8) is 0 Å². The molecule has 0 aliphatic rings. The summed E-state index contributed by atoms with van der Waals surface area (Å²) in [5, 5.41) is 2.28. The van der Waals surface area contributed by atoms with Gasteiger partial charge < -0.3 is 15.0 Å². The van der Waals surface area contributed by atoms with Crippen LogP contribution in [0.4, 0.5) is 0 Å². The first-order chi connectivity index (χ1) is 15.4. The van der Waals surface area contributed by atoms with Gasteiger partial charge in [0.15, 0.2) is 0 Å². The van der Waals surface area contributed by atoms with Crippen molar-refractivity contribution in [1.82, 2.24) is 24.9 Å². The van der Waals surface area contributed by atoms with Gasteiger partial charge in [0.05, 0.1) is 11.9 Å². The predicted molar refractivity (Wildman–Crippen MR) is 122 cm³/mol. The molecule has 32 heavy (non-hydrogen) atoms. The van der Waals surface area contributed by atoms with Crippen molar-refractivity contribution in [2.75, 3.05) is 0 Å². The van der Waals surface area contributed by atoms with E-state index in [0.717, 1.165) is 27.7 Å². The number of aromatic nitrogens is 5. The quantitative estimate of drug-likeness (QED) is 0.253. The molecule has 6 aromatic rings. The molecule has 0 N–H and O–H groups in total. The maximum atomic E-state index is 4.60. The van der Waals surface area contributed by atoms with Crippen molar-refractivity contribution in [3.8, 4) is 22.8 Å². The Bertz CT molecular complexity index is 1380. The van der Waals surface area contributed by atoms with Crippen LogP contribution in [0, 0.1) is 6.07 Å². The standard InChI is InChI=1S/C15H9N4.C11H8N.Pt/c1-2-4-11-10(3-1)5-6-12-14(11)19-15(18-12)13-9-16-7-8-17-13;1-2-6-10(7-3-1)11-8-4-5-9-12-11;/h1-9H;1-6,8-9H;/q2*-1;+2. The Morgan fingerprint density at radius 1 is 0.719 bits per heavy atom. The Kier molecular flexibility index (Phi) is 6.78. The van der Waals surface area contributed by atoms with Gasteiger partial charge in [-0.05, 0) is 39.4 Å². The maximum absolute atomic E-state index is 4.60. The summed E-state index contributed by atoms with van der Waals surface area (Å²) in [5.41, 5.74) is 4.51. The number of fused-ring (bicyclic) bond motifs is 3. The van der Waals surface area contributed by atoms with Gasteiger partial charge in [-0.2, -0.15) is 0 Å². The van der Waals surface area contributed by atoms with Gasteiger partial charge in [0.25, 0.3) is 0 Å². The van der Waals surface area contributed by atoms with E-state index in [1.54, 1.807) is 24.8 Å². The molecule has 3 aromatic carbocycles. The van der Waals surface area contributed by atoms with Gasteiger partial charge in [0, 0.05) is 18.6 Å². The smallest absolute Gasteiger partial charge is 0.434 e. The van der Waals surface area contributed by atoms with Gasteiger partial charge >= 0.3 is 21.1 Å². The molecule has 0 aliphatic heterocycles. The molecule has 0 saturated heterocycles. The van der Waals surface area contributed by atoms with Crippen LogP contribution in [0.15, 0.2) is 104 Å².